The Kier molecular flexibility index (Phi) is 13.0. The smallest absolute Gasteiger partial charge is 0.150 e. The van der Waals surface area contributed by atoms with E-state index in [0.29, 0.717) is 25.5 Å². The molecule has 0 aliphatic carbocycles. The van der Waals surface area contributed by atoms with Crippen LogP contribution in [-0.4, -0.2) is 59.5 Å². The fourth-order valence-corrected chi connectivity index (χ4v) is 5.07. The molecule has 0 aliphatic heterocycles. The maximum Gasteiger partial charge on any atom is 0.150 e. The van der Waals surface area contributed by atoms with Crippen molar-refractivity contribution in [3.63, 3.8) is 0 Å². The number of nitrogens with two attached hydrogens (primary N) is 1. The molecular formula is C31H48IrN5O2-. The van der Waals surface area contributed by atoms with E-state index in [-0.39, 0.29) is 30.9 Å². The number of rotatable bonds is 17. The molecule has 3 N–H and O–H groups in total. The molecule has 0 atom stereocenters. The molecule has 0 amide bonds. The predicted molar refractivity (Wildman–Crippen MR) is 158 cm³/mol. The third kappa shape index (κ3) is 10.2. The Morgan fingerprint density at radius 2 is 1.77 bits per heavy atom. The van der Waals surface area contributed by atoms with E-state index in [1.165, 1.54) is 18.4 Å². The van der Waals surface area contributed by atoms with Gasteiger partial charge in [0.15, 0.2) is 0 Å². The second kappa shape index (κ2) is 15.2. The summed E-state index contributed by atoms with van der Waals surface area (Å²) in [6.45, 7) is 14.1. The van der Waals surface area contributed by atoms with Gasteiger partial charge in [-0.25, -0.2) is 9.97 Å². The zero-order chi connectivity index (χ0) is 27.8. The summed E-state index contributed by atoms with van der Waals surface area (Å²) in [5.74, 6) is 1.52. The molecule has 0 saturated carbocycles. The Morgan fingerprint density at radius 1 is 1.03 bits per heavy atom. The van der Waals surface area contributed by atoms with Crippen molar-refractivity contribution < 1.29 is 29.6 Å². The number of anilines is 1. The van der Waals surface area contributed by atoms with Gasteiger partial charge in [-0.3, -0.25) is 6.29 Å². The van der Waals surface area contributed by atoms with Gasteiger partial charge in [0.05, 0.1) is 12.1 Å². The number of unbranched alkanes of at least 4 members (excludes halogenated alkanes) is 3. The van der Waals surface area contributed by atoms with Gasteiger partial charge in [0.25, 0.3) is 0 Å². The van der Waals surface area contributed by atoms with Crippen LogP contribution in [-0.2, 0) is 42.5 Å². The van der Waals surface area contributed by atoms with Crippen LogP contribution in [0, 0.1) is 10.8 Å². The average Bonchev–Trinajstić information content (AvgIpc) is 3.27. The first-order valence-electron chi connectivity index (χ1n) is 14.2. The Labute approximate surface area is 248 Å². The number of nitrogens with one attached hydrogen (secondary N) is 1. The molecule has 1 radical (unpaired) electrons. The number of ether oxygens (including phenoxy) is 1. The van der Waals surface area contributed by atoms with E-state index in [9.17, 15) is 4.79 Å². The van der Waals surface area contributed by atoms with Crippen molar-refractivity contribution in [2.45, 2.75) is 86.0 Å². The van der Waals surface area contributed by atoms with Crippen LogP contribution in [0.25, 0.3) is 21.9 Å². The number of nitrogens with zero attached hydrogens (tertiary/aromatic N) is 3. The van der Waals surface area contributed by atoms with Gasteiger partial charge in [-0.15, -0.1) is 6.42 Å². The van der Waals surface area contributed by atoms with Gasteiger partial charge in [0.2, 0.25) is 0 Å². The molecular weight excluding hydrogens is 667 g/mol. The van der Waals surface area contributed by atoms with Gasteiger partial charge >= 0.3 is 0 Å². The fourth-order valence-electron chi connectivity index (χ4n) is 5.07. The van der Waals surface area contributed by atoms with Crippen LogP contribution in [0.1, 0.15) is 84.5 Å². The molecule has 0 saturated heterocycles. The van der Waals surface area contributed by atoms with E-state index in [4.69, 9.17) is 15.5 Å². The van der Waals surface area contributed by atoms with E-state index >= 15 is 0 Å². The van der Waals surface area contributed by atoms with E-state index in [1.807, 2.05) is 20.1 Å². The number of imidazole rings is 1. The van der Waals surface area contributed by atoms with Crippen LogP contribution >= 0.6 is 0 Å². The SMILES string of the molecule is CCCCc1nc2c([nH]1)c(N)nc1cc(CCCCCN(C)CC(C)(C)COCC(C)(C)C[C-]=O)ccc12.[Ir]. The van der Waals surface area contributed by atoms with Crippen molar-refractivity contribution in [1.29, 1.82) is 0 Å². The molecule has 2 aromatic heterocycles. The second-order valence-electron chi connectivity index (χ2n) is 12.5. The quantitative estimate of drug-likeness (QED) is 0.127. The summed E-state index contributed by atoms with van der Waals surface area (Å²) in [6, 6.07) is 6.54. The first-order chi connectivity index (χ1) is 18.0. The van der Waals surface area contributed by atoms with Gasteiger partial charge in [-0.1, -0.05) is 59.6 Å². The molecule has 3 rings (SSSR count). The number of H-pyrrole nitrogens is 1. The van der Waals surface area contributed by atoms with E-state index in [2.05, 4.69) is 60.9 Å². The zero-order valence-electron chi connectivity index (χ0n) is 24.8. The zero-order valence-corrected chi connectivity index (χ0v) is 27.2. The summed E-state index contributed by atoms with van der Waals surface area (Å²) in [7, 11) is 2.19. The van der Waals surface area contributed by atoms with Crippen LogP contribution in [0.5, 0.6) is 0 Å². The monoisotopic (exact) mass is 715 g/mol. The fraction of sp³-hybridized carbons (Fsp3) is 0.645. The van der Waals surface area contributed by atoms with E-state index in [1.54, 1.807) is 0 Å². The number of aromatic amines is 1. The topological polar surface area (TPSA) is 97.1 Å². The van der Waals surface area contributed by atoms with Crippen molar-refractivity contribution in [1.82, 2.24) is 19.9 Å². The number of aromatic nitrogens is 3. The Bertz CT molecular complexity index is 1190. The summed E-state index contributed by atoms with van der Waals surface area (Å²) >= 11 is 0. The van der Waals surface area contributed by atoms with Gasteiger partial charge in [0.1, 0.15) is 22.7 Å². The Morgan fingerprint density at radius 3 is 2.49 bits per heavy atom. The molecule has 7 nitrogen and oxygen atoms in total. The number of carbonyl (C=O) groups excluding carboxylic acids is 1. The summed E-state index contributed by atoms with van der Waals surface area (Å²) < 4.78 is 5.96. The molecule has 0 aliphatic rings. The van der Waals surface area contributed by atoms with Crippen LogP contribution in [0.4, 0.5) is 5.82 Å². The molecule has 219 valence electrons. The van der Waals surface area contributed by atoms with Gasteiger partial charge in [-0.05, 0) is 56.3 Å². The third-order valence-corrected chi connectivity index (χ3v) is 7.07. The van der Waals surface area contributed by atoms with Gasteiger partial charge in [0, 0.05) is 50.5 Å². The number of benzene rings is 1. The number of nitrogen functional groups attached to an aromatic ring is 1. The van der Waals surface area contributed by atoms with Crippen LogP contribution < -0.4 is 5.73 Å². The predicted octanol–water partition coefficient (Wildman–Crippen LogP) is 6.25. The normalized spacial score (nSPS) is 12.4. The minimum Gasteiger partial charge on any atom is -0.542 e. The Hall–Kier alpha value is -1.86. The molecule has 3 aromatic rings. The maximum absolute atomic E-state index is 10.7. The van der Waals surface area contributed by atoms with Gasteiger partial charge < -0.3 is 25.1 Å². The van der Waals surface area contributed by atoms with Crippen LogP contribution in [0.15, 0.2) is 18.2 Å². The number of hydrogen-bond donors (Lipinski definition) is 2. The largest absolute Gasteiger partial charge is 0.542 e. The molecule has 2 heterocycles. The number of aryl methyl sites for hydroxylation is 2. The Balaban J connectivity index is 0.00000533. The van der Waals surface area contributed by atoms with Crippen molar-refractivity contribution in [2.24, 2.45) is 10.8 Å². The van der Waals surface area contributed by atoms with E-state index in [0.717, 1.165) is 73.0 Å². The van der Waals surface area contributed by atoms with Crippen LogP contribution in [0.2, 0.25) is 0 Å². The summed E-state index contributed by atoms with van der Waals surface area (Å²) in [6.07, 6.45) is 10.1. The standard InChI is InChI=1S/C31H48N5O2.Ir/c1-7-8-13-26-34-27-24-15-14-23(19-25(24)33-29(32)28(27)35-26)12-10-9-11-17-36(6)20-31(4,5)22-38-21-30(2,3)16-18-37;/h14-15,19H,7-13,16-17,20-22H2,1-6H3,(H2,32,33)(H,34,35);/q-1;. The number of fused-ring (bicyclic) bond motifs is 3. The van der Waals surface area contributed by atoms with Crippen molar-refractivity contribution in [3.8, 4) is 0 Å². The number of pyridine rings is 1. The average molecular weight is 715 g/mol. The molecule has 0 bridgehead atoms. The molecule has 0 fully saturated rings. The first-order valence-corrected chi connectivity index (χ1v) is 14.2. The minimum atomic E-state index is -0.152. The maximum atomic E-state index is 10.7. The third-order valence-electron chi connectivity index (χ3n) is 7.07. The summed E-state index contributed by atoms with van der Waals surface area (Å²) in [4.78, 5) is 26.0. The van der Waals surface area contributed by atoms with Crippen molar-refractivity contribution >= 4 is 34.0 Å². The van der Waals surface area contributed by atoms with Gasteiger partial charge in [-0.2, -0.15) is 0 Å². The minimum absolute atomic E-state index is 0. The van der Waals surface area contributed by atoms with Crippen molar-refractivity contribution in [3.05, 3.63) is 29.6 Å². The molecule has 1 aromatic carbocycles. The second-order valence-corrected chi connectivity index (χ2v) is 12.5. The first kappa shape index (κ1) is 33.3. The van der Waals surface area contributed by atoms with Crippen LogP contribution in [0.3, 0.4) is 0 Å². The molecule has 8 heteroatoms. The van der Waals surface area contributed by atoms with E-state index < -0.39 is 0 Å². The molecule has 39 heavy (non-hydrogen) atoms. The summed E-state index contributed by atoms with van der Waals surface area (Å²) in [5.41, 5.74) is 10.2. The molecule has 0 spiro atoms. The van der Waals surface area contributed by atoms with Crippen molar-refractivity contribution in [2.75, 3.05) is 39.1 Å². The summed E-state index contributed by atoms with van der Waals surface area (Å²) in [5, 5.41) is 1.07. The number of hydrogen-bond acceptors (Lipinski definition) is 6. The molecule has 0 unspecified atom stereocenters.